The second kappa shape index (κ2) is 17.1. The van der Waals surface area contributed by atoms with Gasteiger partial charge in [0.1, 0.15) is 38.0 Å². The van der Waals surface area contributed by atoms with E-state index in [1.165, 1.54) is 38.5 Å². The van der Waals surface area contributed by atoms with E-state index in [4.69, 9.17) is 23.7 Å². The Hall–Kier alpha value is -4.14. The molecule has 2 aliphatic rings. The van der Waals surface area contributed by atoms with Gasteiger partial charge >= 0.3 is 18.1 Å². The van der Waals surface area contributed by atoms with Crippen LogP contribution in [0.25, 0.3) is 11.1 Å². The van der Waals surface area contributed by atoms with Crippen LogP contribution in [0.1, 0.15) is 94.7 Å². The Balaban J connectivity index is 1.63. The van der Waals surface area contributed by atoms with Gasteiger partial charge in [0.25, 0.3) is 0 Å². The first-order chi connectivity index (χ1) is 22.5. The lowest BCUT2D eigenvalue weighted by molar-refractivity contribution is -0.140. The van der Waals surface area contributed by atoms with Crippen LogP contribution in [-0.4, -0.2) is 37.9 Å². The average Bonchev–Trinajstić information content (AvgIpc) is 3.06. The maximum Gasteiger partial charge on any atom is 0.508 e. The van der Waals surface area contributed by atoms with E-state index >= 15 is 4.39 Å². The van der Waals surface area contributed by atoms with Crippen LogP contribution in [0.15, 0.2) is 54.6 Å². The highest BCUT2D eigenvalue weighted by Crippen LogP contribution is 2.40. The van der Waals surface area contributed by atoms with Crippen molar-refractivity contribution in [3.8, 4) is 16.9 Å². The molecule has 1 saturated heterocycles. The summed E-state index contributed by atoms with van der Waals surface area (Å²) in [6, 6.07) is 8.84. The van der Waals surface area contributed by atoms with E-state index in [9.17, 15) is 14.4 Å². The van der Waals surface area contributed by atoms with Crippen molar-refractivity contribution in [2.45, 2.75) is 91.3 Å². The van der Waals surface area contributed by atoms with Gasteiger partial charge in [-0.1, -0.05) is 57.9 Å². The Bertz CT molecular complexity index is 1390. The Kier molecular flexibility index (Phi) is 13.0. The van der Waals surface area contributed by atoms with Crippen molar-refractivity contribution >= 4 is 18.1 Å². The maximum absolute atomic E-state index is 15.9. The number of hydrogen-bond acceptors (Lipinski definition) is 8. The number of hydrogen-bond donors (Lipinski definition) is 0. The first-order valence-corrected chi connectivity index (χ1v) is 16.6. The first kappa shape index (κ1) is 35.7. The third-order valence-corrected chi connectivity index (χ3v) is 8.83. The predicted molar refractivity (Wildman–Crippen MR) is 176 cm³/mol. The lowest BCUT2D eigenvalue weighted by atomic mass is 9.77. The van der Waals surface area contributed by atoms with Gasteiger partial charge in [-0.15, -0.1) is 0 Å². The van der Waals surface area contributed by atoms with Gasteiger partial charge in [-0.2, -0.15) is 0 Å². The maximum atomic E-state index is 15.9. The van der Waals surface area contributed by atoms with Gasteiger partial charge in [0.2, 0.25) is 0 Å². The second-order valence-electron chi connectivity index (χ2n) is 12.8. The van der Waals surface area contributed by atoms with Gasteiger partial charge in [0.05, 0.1) is 12.5 Å². The molecule has 0 N–H and O–H groups in total. The summed E-state index contributed by atoms with van der Waals surface area (Å²) >= 11 is 0. The fraction of sp³-hybridized carbons (Fsp3) is 0.500. The minimum Gasteiger partial charge on any atom is -0.492 e. The highest BCUT2D eigenvalue weighted by atomic mass is 19.1. The molecule has 0 aromatic heterocycles. The van der Waals surface area contributed by atoms with Crippen molar-refractivity contribution in [3.05, 3.63) is 77.1 Å². The molecule has 0 bridgehead atoms. The standard InChI is InChI=1S/C38H47FO8/c1-6-7-8-9-26-10-12-28(13-11-26)29-14-15-33(34(39)18-29)30-16-31(22-44-36(40)24(2)3)35(32(17-30)23-45-37(41)25(4)5)43-19-27-20-46-38(42)47-21-27/h14-18,26-28H,2,4,6-13,19-23H2,1,3,5H3. The van der Waals surface area contributed by atoms with Crippen LogP contribution in [0, 0.1) is 17.7 Å². The molecule has 0 radical (unpaired) electrons. The van der Waals surface area contributed by atoms with Crippen molar-refractivity contribution in [2.75, 3.05) is 19.8 Å². The lowest BCUT2D eigenvalue weighted by Crippen LogP contribution is -2.31. The molecule has 1 heterocycles. The number of esters is 2. The lowest BCUT2D eigenvalue weighted by Gasteiger charge is -2.29. The largest absolute Gasteiger partial charge is 0.508 e. The molecule has 4 rings (SSSR count). The molecule has 2 fully saturated rings. The summed E-state index contributed by atoms with van der Waals surface area (Å²) in [7, 11) is 0. The van der Waals surface area contributed by atoms with Crippen molar-refractivity contribution in [1.29, 1.82) is 0 Å². The number of carbonyl (C=O) groups is 3. The summed E-state index contributed by atoms with van der Waals surface area (Å²) in [5.74, 6) is -0.424. The van der Waals surface area contributed by atoms with Gasteiger partial charge < -0.3 is 23.7 Å². The molecule has 254 valence electrons. The Morgan fingerprint density at radius 1 is 0.872 bits per heavy atom. The topological polar surface area (TPSA) is 97.4 Å². The number of ether oxygens (including phenoxy) is 5. The number of halogens is 1. The van der Waals surface area contributed by atoms with Crippen LogP contribution in [0.2, 0.25) is 0 Å². The summed E-state index contributed by atoms with van der Waals surface area (Å²) in [6.45, 7) is 12.5. The Morgan fingerprint density at radius 3 is 2.00 bits per heavy atom. The van der Waals surface area contributed by atoms with Crippen molar-refractivity contribution in [1.82, 2.24) is 0 Å². The van der Waals surface area contributed by atoms with E-state index in [1.54, 1.807) is 38.1 Å². The quantitative estimate of drug-likeness (QED) is 0.0817. The van der Waals surface area contributed by atoms with Gasteiger partial charge in [-0.3, -0.25) is 0 Å². The number of cyclic esters (lactones) is 2. The molecule has 1 saturated carbocycles. The molecule has 0 amide bonds. The number of benzene rings is 2. The molecule has 2 aromatic carbocycles. The van der Waals surface area contributed by atoms with Crippen molar-refractivity contribution in [3.63, 3.8) is 0 Å². The van der Waals surface area contributed by atoms with Gasteiger partial charge in [0.15, 0.2) is 0 Å². The predicted octanol–water partition coefficient (Wildman–Crippen LogP) is 8.75. The van der Waals surface area contributed by atoms with E-state index < -0.39 is 18.1 Å². The zero-order valence-electron chi connectivity index (χ0n) is 27.9. The summed E-state index contributed by atoms with van der Waals surface area (Å²) in [4.78, 5) is 36.0. The van der Waals surface area contributed by atoms with Crippen LogP contribution in [0.5, 0.6) is 5.75 Å². The summed E-state index contributed by atoms with van der Waals surface area (Å²) in [5, 5.41) is 0. The van der Waals surface area contributed by atoms with Crippen LogP contribution in [0.3, 0.4) is 0 Å². The average molecular weight is 651 g/mol. The van der Waals surface area contributed by atoms with E-state index in [0.29, 0.717) is 33.9 Å². The molecule has 47 heavy (non-hydrogen) atoms. The fourth-order valence-electron chi connectivity index (χ4n) is 6.09. The SMILES string of the molecule is C=C(C)C(=O)OCc1cc(-c2ccc(C3CCC(CCCCC)CC3)cc2F)cc(COC(=O)C(=C)C)c1OCC1COC(=O)OC1. The first-order valence-electron chi connectivity index (χ1n) is 16.6. The molecular formula is C38H47FO8. The van der Waals surface area contributed by atoms with E-state index in [0.717, 1.165) is 24.3 Å². The zero-order chi connectivity index (χ0) is 33.9. The molecule has 1 aliphatic carbocycles. The van der Waals surface area contributed by atoms with E-state index in [2.05, 4.69) is 20.1 Å². The monoisotopic (exact) mass is 650 g/mol. The second-order valence-corrected chi connectivity index (χ2v) is 12.8. The minimum atomic E-state index is -0.742. The Morgan fingerprint density at radius 2 is 1.47 bits per heavy atom. The van der Waals surface area contributed by atoms with Crippen molar-refractivity contribution in [2.24, 2.45) is 11.8 Å². The molecule has 0 unspecified atom stereocenters. The molecule has 2 aromatic rings. The van der Waals surface area contributed by atoms with Crippen LogP contribution in [0.4, 0.5) is 9.18 Å². The van der Waals surface area contributed by atoms with Crippen molar-refractivity contribution < 1.29 is 42.5 Å². The van der Waals surface area contributed by atoms with Gasteiger partial charge in [-0.25, -0.2) is 18.8 Å². The molecule has 0 atom stereocenters. The highest BCUT2D eigenvalue weighted by molar-refractivity contribution is 5.87. The van der Waals surface area contributed by atoms with Crippen LogP contribution >= 0.6 is 0 Å². The fourth-order valence-corrected chi connectivity index (χ4v) is 6.09. The molecule has 8 nitrogen and oxygen atoms in total. The zero-order valence-corrected chi connectivity index (χ0v) is 27.9. The number of rotatable bonds is 15. The molecular weight excluding hydrogens is 603 g/mol. The molecule has 0 spiro atoms. The third kappa shape index (κ3) is 10.2. The number of unbranched alkanes of at least 4 members (excludes halogenated alkanes) is 2. The molecule has 9 heteroatoms. The number of carbonyl (C=O) groups excluding carboxylic acids is 3. The van der Waals surface area contributed by atoms with E-state index in [-0.39, 0.29) is 55.9 Å². The summed E-state index contributed by atoms with van der Waals surface area (Å²) < 4.78 is 43.0. The van der Waals surface area contributed by atoms with Gasteiger partial charge in [-0.05, 0) is 80.7 Å². The highest BCUT2D eigenvalue weighted by Gasteiger charge is 2.26. The van der Waals surface area contributed by atoms with Gasteiger partial charge in [0, 0.05) is 27.8 Å². The molecule has 1 aliphatic heterocycles. The summed E-state index contributed by atoms with van der Waals surface area (Å²) in [5.41, 5.74) is 3.20. The van der Waals surface area contributed by atoms with E-state index in [1.807, 2.05) is 6.07 Å². The smallest absolute Gasteiger partial charge is 0.492 e. The third-order valence-electron chi connectivity index (χ3n) is 8.83. The summed E-state index contributed by atoms with van der Waals surface area (Å²) in [6.07, 6.45) is 8.80. The van der Waals surface area contributed by atoms with Crippen LogP contribution < -0.4 is 4.74 Å². The Labute approximate surface area is 277 Å². The normalized spacial score (nSPS) is 18.1. The van der Waals surface area contributed by atoms with Crippen LogP contribution in [-0.2, 0) is 41.8 Å². The minimum absolute atomic E-state index is 0.0966.